The molecule has 246 valence electrons. The molecule has 14 heteroatoms. The summed E-state index contributed by atoms with van der Waals surface area (Å²) in [6, 6.07) is 10.6. The second-order valence-electron chi connectivity index (χ2n) is 11.8. The van der Waals surface area contributed by atoms with Crippen LogP contribution in [-0.4, -0.2) is 66.0 Å². The van der Waals surface area contributed by atoms with Crippen LogP contribution < -0.4 is 20.7 Å². The molecule has 2 aromatic carbocycles. The lowest BCUT2D eigenvalue weighted by Crippen LogP contribution is -2.48. The first-order valence-corrected chi connectivity index (χ1v) is 15.8. The Morgan fingerprint density at radius 1 is 1.15 bits per heavy atom. The number of nitrogens with one attached hydrogen (secondary N) is 1. The van der Waals surface area contributed by atoms with Gasteiger partial charge in [-0.05, 0) is 61.9 Å². The van der Waals surface area contributed by atoms with E-state index >= 15 is 0 Å². The molecule has 4 N–H and O–H groups in total. The zero-order valence-electron chi connectivity index (χ0n) is 25.3. The normalized spacial score (nSPS) is 19.2. The van der Waals surface area contributed by atoms with Gasteiger partial charge in [0.25, 0.3) is 5.91 Å². The largest absolute Gasteiger partial charge is 0.573 e. The number of hydrogen-bond acceptors (Lipinski definition) is 9. The molecule has 1 saturated heterocycles. The summed E-state index contributed by atoms with van der Waals surface area (Å²) < 4.78 is 50.5. The van der Waals surface area contributed by atoms with Crippen LogP contribution in [0, 0.1) is 11.8 Å². The highest BCUT2D eigenvalue weighted by Crippen LogP contribution is 2.38. The Morgan fingerprint density at radius 3 is 2.57 bits per heavy atom. The Bertz CT molecular complexity index is 1650. The molecule has 3 aromatic rings. The number of ether oxygens (including phenoxy) is 2. The summed E-state index contributed by atoms with van der Waals surface area (Å²) in [5, 5.41) is 12.0. The predicted molar refractivity (Wildman–Crippen MR) is 166 cm³/mol. The fraction of sp³-hybridized carbons (Fsp3) is 0.438. The van der Waals surface area contributed by atoms with E-state index in [4.69, 9.17) is 20.6 Å². The molecular formula is C32H35F3N4O6S. The van der Waals surface area contributed by atoms with E-state index in [9.17, 15) is 27.6 Å². The number of ketones is 1. The van der Waals surface area contributed by atoms with Gasteiger partial charge in [0, 0.05) is 35.2 Å². The van der Waals surface area contributed by atoms with Gasteiger partial charge in [-0.1, -0.05) is 37.3 Å². The predicted octanol–water partition coefficient (Wildman–Crippen LogP) is 5.37. The quantitative estimate of drug-likeness (QED) is 0.219. The number of aromatic nitrogens is 1. The van der Waals surface area contributed by atoms with E-state index in [2.05, 4.69) is 28.8 Å². The molecule has 1 aliphatic heterocycles. The van der Waals surface area contributed by atoms with Crippen molar-refractivity contribution in [3.8, 4) is 5.75 Å². The third kappa shape index (κ3) is 7.97. The highest BCUT2D eigenvalue weighted by Gasteiger charge is 2.37. The Labute approximate surface area is 267 Å². The van der Waals surface area contributed by atoms with Gasteiger partial charge in [-0.25, -0.2) is 4.98 Å². The maximum absolute atomic E-state index is 13.3. The van der Waals surface area contributed by atoms with Crippen molar-refractivity contribution in [2.24, 2.45) is 17.6 Å². The maximum Gasteiger partial charge on any atom is 0.573 e. The Hall–Kier alpha value is -4.17. The Kier molecular flexibility index (Phi) is 9.87. The highest BCUT2D eigenvalue weighted by atomic mass is 32.1. The minimum Gasteiger partial charge on any atom is -0.480 e. The van der Waals surface area contributed by atoms with E-state index in [0.717, 1.165) is 15.9 Å². The zero-order valence-corrected chi connectivity index (χ0v) is 26.1. The van der Waals surface area contributed by atoms with Crippen LogP contribution in [0.5, 0.6) is 5.75 Å². The monoisotopic (exact) mass is 660 g/mol. The number of para-hydroxylation sites is 1. The van der Waals surface area contributed by atoms with E-state index in [1.54, 1.807) is 18.2 Å². The summed E-state index contributed by atoms with van der Waals surface area (Å²) in [5.41, 5.74) is 7.49. The number of halogens is 3. The lowest BCUT2D eigenvalue weighted by molar-refractivity contribution is -0.274. The fourth-order valence-electron chi connectivity index (χ4n) is 5.56. The minimum absolute atomic E-state index is 0.0133. The first-order valence-electron chi connectivity index (χ1n) is 15.0. The molecule has 1 amide bonds. The Morgan fingerprint density at radius 2 is 1.89 bits per heavy atom. The topological polar surface area (TPSA) is 144 Å². The number of aliphatic carboxylic acids is 1. The van der Waals surface area contributed by atoms with Crippen LogP contribution in [0.3, 0.4) is 0 Å². The lowest BCUT2D eigenvalue weighted by Gasteiger charge is -2.41. The van der Waals surface area contributed by atoms with E-state index in [-0.39, 0.29) is 53.2 Å². The number of amides is 1. The van der Waals surface area contributed by atoms with E-state index in [0.29, 0.717) is 43.3 Å². The molecule has 2 aliphatic rings. The fourth-order valence-corrected chi connectivity index (χ4v) is 6.65. The van der Waals surface area contributed by atoms with Gasteiger partial charge in [-0.2, -0.15) is 0 Å². The molecule has 0 bridgehead atoms. The number of alkyl halides is 3. The van der Waals surface area contributed by atoms with Gasteiger partial charge in [0.05, 0.1) is 28.6 Å². The summed E-state index contributed by atoms with van der Waals surface area (Å²) in [5.74, 6) is -2.33. The van der Waals surface area contributed by atoms with Crippen molar-refractivity contribution in [2.45, 2.75) is 58.0 Å². The van der Waals surface area contributed by atoms with Crippen molar-refractivity contribution in [1.29, 1.82) is 0 Å². The summed E-state index contributed by atoms with van der Waals surface area (Å²) in [4.78, 5) is 43.5. The number of anilines is 1. The first-order chi connectivity index (χ1) is 21.8. The number of nitrogens with two attached hydrogens (primary N) is 1. The van der Waals surface area contributed by atoms with Crippen LogP contribution >= 0.6 is 11.3 Å². The van der Waals surface area contributed by atoms with Gasteiger partial charge < -0.3 is 30.5 Å². The molecule has 2 unspecified atom stereocenters. The van der Waals surface area contributed by atoms with Crippen molar-refractivity contribution in [3.63, 3.8) is 0 Å². The second-order valence-corrected chi connectivity index (χ2v) is 12.8. The summed E-state index contributed by atoms with van der Waals surface area (Å²) in [7, 11) is 0. The first kappa shape index (κ1) is 33.2. The zero-order chi connectivity index (χ0) is 33.2. The maximum atomic E-state index is 13.3. The van der Waals surface area contributed by atoms with Gasteiger partial charge >= 0.3 is 12.3 Å². The smallest absolute Gasteiger partial charge is 0.480 e. The number of hydrogen-bond donors (Lipinski definition) is 3. The minimum atomic E-state index is -4.92. The lowest BCUT2D eigenvalue weighted by atomic mass is 9.91. The number of nitrogens with zero attached hydrogens (tertiary/aromatic N) is 2. The molecule has 5 rings (SSSR count). The average molecular weight is 661 g/mol. The molecule has 2 heterocycles. The van der Waals surface area contributed by atoms with E-state index in [1.165, 1.54) is 29.5 Å². The number of Topliss-reactive ketones (excluding diaryl/α,β-unsaturated/α-hetero) is 1. The van der Waals surface area contributed by atoms with E-state index < -0.39 is 30.5 Å². The number of rotatable bonds is 12. The number of piperidine rings is 1. The van der Waals surface area contributed by atoms with Crippen molar-refractivity contribution in [1.82, 2.24) is 10.3 Å². The number of carboxylic acids is 1. The molecule has 1 aromatic heterocycles. The van der Waals surface area contributed by atoms with Crippen LogP contribution in [0.15, 0.2) is 48.0 Å². The van der Waals surface area contributed by atoms with Gasteiger partial charge in [0.1, 0.15) is 12.3 Å². The van der Waals surface area contributed by atoms with Crippen LogP contribution in [-0.2, 0) is 14.3 Å². The molecule has 1 aliphatic carbocycles. The molecule has 46 heavy (non-hydrogen) atoms. The molecular weight excluding hydrogens is 625 g/mol. The molecule has 10 nitrogen and oxygen atoms in total. The number of carboxylic acid groups (broad SMARTS) is 1. The van der Waals surface area contributed by atoms with Gasteiger partial charge in [-0.15, -0.1) is 13.2 Å². The van der Waals surface area contributed by atoms with Crippen LogP contribution in [0.2, 0.25) is 0 Å². The van der Waals surface area contributed by atoms with Crippen LogP contribution in [0.4, 0.5) is 18.3 Å². The molecule has 0 spiro atoms. The molecule has 0 radical (unpaired) electrons. The van der Waals surface area contributed by atoms with Gasteiger partial charge in [-0.3, -0.25) is 14.4 Å². The van der Waals surface area contributed by atoms with Gasteiger partial charge in [0.2, 0.25) is 0 Å². The highest BCUT2D eigenvalue weighted by molar-refractivity contribution is 7.22. The average Bonchev–Trinajstić information content (AvgIpc) is 3.77. The van der Waals surface area contributed by atoms with Crippen molar-refractivity contribution in [2.75, 3.05) is 24.6 Å². The number of carbonyl (C=O) groups is 3. The van der Waals surface area contributed by atoms with Crippen LogP contribution in [0.1, 0.15) is 55.5 Å². The SMILES string of the molecule is CC(C)C1CC(OCC(C(=O)C2CC2)=C(N)c2ccccc2OC(F)(F)F)CCN1c1nc2ccc(C(=O)NCC(=O)O)cc2s1. The summed E-state index contributed by atoms with van der Waals surface area (Å²) in [6.45, 7) is 4.18. The van der Waals surface area contributed by atoms with Crippen LogP contribution in [0.25, 0.3) is 15.9 Å². The van der Waals surface area contributed by atoms with Crippen molar-refractivity contribution >= 4 is 50.0 Å². The van der Waals surface area contributed by atoms with E-state index in [1.807, 2.05) is 0 Å². The third-order valence-corrected chi connectivity index (χ3v) is 9.14. The number of benzene rings is 2. The number of thiazole rings is 1. The molecule has 2 atom stereocenters. The molecule has 1 saturated carbocycles. The second kappa shape index (κ2) is 13.7. The standard InChI is InChI=1S/C32H35F3N4O6S/c1-17(2)24-14-20(11-12-39(24)31-38-23-10-9-19(13-26(23)46-31)30(43)37-15-27(40)41)44-16-22(29(42)18-7-8-18)28(36)21-5-3-4-6-25(21)45-32(33,34)35/h3-6,9-10,13,17-18,20,24H,7-8,11-12,14-16,36H2,1-2H3,(H,37,43)(H,40,41). The van der Waals surface area contributed by atoms with Gasteiger partial charge in [0.15, 0.2) is 10.9 Å². The summed E-state index contributed by atoms with van der Waals surface area (Å²) in [6.07, 6.45) is -2.54. The number of fused-ring (bicyclic) bond motifs is 1. The van der Waals surface area contributed by atoms with Crippen molar-refractivity contribution in [3.05, 3.63) is 59.2 Å². The summed E-state index contributed by atoms with van der Waals surface area (Å²) >= 11 is 1.44. The number of carbonyl (C=O) groups excluding carboxylic acids is 2. The third-order valence-electron chi connectivity index (χ3n) is 8.09. The molecule has 2 fully saturated rings. The Balaban J connectivity index is 1.32. The van der Waals surface area contributed by atoms with Crippen molar-refractivity contribution < 1.29 is 42.1 Å².